The molecule has 1 atom stereocenters. The molecule has 0 radical (unpaired) electrons. The summed E-state index contributed by atoms with van der Waals surface area (Å²) in [6.45, 7) is 1.73. The second-order valence-corrected chi connectivity index (χ2v) is 3.90. The molecular formula is C12H16N2O3. The number of rotatable bonds is 6. The fourth-order valence-electron chi connectivity index (χ4n) is 1.25. The van der Waals surface area contributed by atoms with Crippen molar-refractivity contribution in [3.63, 3.8) is 0 Å². The van der Waals surface area contributed by atoms with Crippen LogP contribution in [-0.2, 0) is 16.0 Å². The van der Waals surface area contributed by atoms with E-state index in [2.05, 4.69) is 10.3 Å². The Morgan fingerprint density at radius 3 is 2.65 bits per heavy atom. The second-order valence-electron chi connectivity index (χ2n) is 3.90. The molecule has 17 heavy (non-hydrogen) atoms. The van der Waals surface area contributed by atoms with Gasteiger partial charge >= 0.3 is 5.97 Å². The first-order valence-corrected chi connectivity index (χ1v) is 5.48. The second kappa shape index (κ2) is 6.62. The van der Waals surface area contributed by atoms with E-state index in [0.29, 0.717) is 12.8 Å². The molecule has 5 nitrogen and oxygen atoms in total. The number of nitrogens with one attached hydrogen (secondary N) is 1. The van der Waals surface area contributed by atoms with Crippen molar-refractivity contribution < 1.29 is 14.7 Å². The number of nitrogens with zero attached hydrogens (tertiary/aromatic N) is 1. The molecule has 0 spiro atoms. The molecular weight excluding hydrogens is 220 g/mol. The van der Waals surface area contributed by atoms with Crippen LogP contribution in [0.3, 0.4) is 0 Å². The lowest BCUT2D eigenvalue weighted by Gasteiger charge is -2.08. The van der Waals surface area contributed by atoms with Gasteiger partial charge in [-0.3, -0.25) is 14.6 Å². The van der Waals surface area contributed by atoms with E-state index in [0.717, 1.165) is 5.56 Å². The average molecular weight is 236 g/mol. The zero-order valence-electron chi connectivity index (χ0n) is 9.72. The molecule has 0 saturated heterocycles. The van der Waals surface area contributed by atoms with Crippen LogP contribution in [0.4, 0.5) is 0 Å². The first-order valence-electron chi connectivity index (χ1n) is 5.48. The first kappa shape index (κ1) is 13.2. The Bertz CT molecular complexity index is 379. The minimum atomic E-state index is -0.903. The highest BCUT2D eigenvalue weighted by Crippen LogP contribution is 2.01. The predicted molar refractivity (Wildman–Crippen MR) is 62.4 cm³/mol. The normalized spacial score (nSPS) is 11.8. The lowest BCUT2D eigenvalue weighted by atomic mass is 10.1. The highest BCUT2D eigenvalue weighted by atomic mass is 16.4. The molecule has 1 rings (SSSR count). The van der Waals surface area contributed by atoms with Gasteiger partial charge in [-0.25, -0.2) is 0 Å². The van der Waals surface area contributed by atoms with Crippen LogP contribution in [-0.4, -0.2) is 28.5 Å². The Labute approximate surface area is 99.9 Å². The van der Waals surface area contributed by atoms with Gasteiger partial charge < -0.3 is 10.4 Å². The third kappa shape index (κ3) is 5.10. The fourth-order valence-corrected chi connectivity index (χ4v) is 1.25. The van der Waals surface area contributed by atoms with Crippen LogP contribution >= 0.6 is 0 Å². The predicted octanol–water partition coefficient (Wildman–Crippen LogP) is 0.851. The van der Waals surface area contributed by atoms with Gasteiger partial charge in [0.1, 0.15) is 0 Å². The molecule has 1 unspecified atom stereocenters. The molecule has 0 aliphatic heterocycles. The number of hydrogen-bond acceptors (Lipinski definition) is 3. The standard InChI is InChI=1S/C12H16N2O3/c1-9(12(16)17)8-14-11(15)3-2-10-4-6-13-7-5-10/h4-7,9H,2-3,8H2,1H3,(H,14,15)(H,16,17). The minimum absolute atomic E-state index is 0.130. The van der Waals surface area contributed by atoms with Crippen molar-refractivity contribution >= 4 is 11.9 Å². The number of carbonyl (C=O) groups is 2. The summed E-state index contributed by atoms with van der Waals surface area (Å²) in [7, 11) is 0. The maximum atomic E-state index is 11.4. The van der Waals surface area contributed by atoms with E-state index in [1.807, 2.05) is 12.1 Å². The summed E-state index contributed by atoms with van der Waals surface area (Å²) < 4.78 is 0. The van der Waals surface area contributed by atoms with E-state index >= 15 is 0 Å². The monoisotopic (exact) mass is 236 g/mol. The smallest absolute Gasteiger partial charge is 0.308 e. The third-order valence-electron chi connectivity index (χ3n) is 2.42. The van der Waals surface area contributed by atoms with E-state index in [9.17, 15) is 9.59 Å². The number of hydrogen-bond donors (Lipinski definition) is 2. The molecule has 1 aromatic rings. The van der Waals surface area contributed by atoms with Crippen molar-refractivity contribution in [3.05, 3.63) is 30.1 Å². The summed E-state index contributed by atoms with van der Waals surface area (Å²) in [5, 5.41) is 11.2. The van der Waals surface area contributed by atoms with E-state index in [4.69, 9.17) is 5.11 Å². The molecule has 0 saturated carbocycles. The molecule has 1 amide bonds. The van der Waals surface area contributed by atoms with Crippen molar-refractivity contribution in [2.75, 3.05) is 6.54 Å². The van der Waals surface area contributed by atoms with Crippen molar-refractivity contribution in [1.82, 2.24) is 10.3 Å². The summed E-state index contributed by atoms with van der Waals surface area (Å²) in [5.74, 6) is -1.59. The molecule has 92 valence electrons. The number of carbonyl (C=O) groups excluding carboxylic acids is 1. The van der Waals surface area contributed by atoms with Crippen molar-refractivity contribution in [1.29, 1.82) is 0 Å². The Morgan fingerprint density at radius 1 is 1.41 bits per heavy atom. The SMILES string of the molecule is CC(CNC(=O)CCc1ccncc1)C(=O)O. The van der Waals surface area contributed by atoms with Gasteiger partial charge in [-0.05, 0) is 24.1 Å². The quantitative estimate of drug-likeness (QED) is 0.767. The Morgan fingerprint density at radius 2 is 2.06 bits per heavy atom. The topological polar surface area (TPSA) is 79.3 Å². The number of aromatic nitrogens is 1. The van der Waals surface area contributed by atoms with Crippen molar-refractivity contribution in [3.8, 4) is 0 Å². The molecule has 0 aliphatic rings. The summed E-state index contributed by atoms with van der Waals surface area (Å²) in [5.41, 5.74) is 1.04. The summed E-state index contributed by atoms with van der Waals surface area (Å²) in [6.07, 6.45) is 4.35. The van der Waals surface area contributed by atoms with E-state index < -0.39 is 11.9 Å². The number of pyridine rings is 1. The number of amides is 1. The van der Waals surface area contributed by atoms with Crippen LogP contribution in [0, 0.1) is 5.92 Å². The highest BCUT2D eigenvalue weighted by Gasteiger charge is 2.11. The Kier molecular flexibility index (Phi) is 5.13. The molecule has 0 aliphatic carbocycles. The van der Waals surface area contributed by atoms with Crippen LogP contribution in [0.5, 0.6) is 0 Å². The molecule has 0 fully saturated rings. The zero-order valence-corrected chi connectivity index (χ0v) is 9.72. The lowest BCUT2D eigenvalue weighted by molar-refractivity contribution is -0.141. The average Bonchev–Trinajstić information content (AvgIpc) is 2.34. The number of carboxylic acids is 1. The largest absolute Gasteiger partial charge is 0.481 e. The van der Waals surface area contributed by atoms with Gasteiger partial charge in [0.25, 0.3) is 0 Å². The van der Waals surface area contributed by atoms with Crippen LogP contribution in [0.1, 0.15) is 18.9 Å². The maximum Gasteiger partial charge on any atom is 0.308 e. The fraction of sp³-hybridized carbons (Fsp3) is 0.417. The van der Waals surface area contributed by atoms with Crippen LogP contribution in [0.25, 0.3) is 0 Å². The van der Waals surface area contributed by atoms with Crippen LogP contribution < -0.4 is 5.32 Å². The summed E-state index contributed by atoms with van der Waals surface area (Å²) in [6, 6.07) is 3.71. The zero-order chi connectivity index (χ0) is 12.7. The molecule has 0 bridgehead atoms. The van der Waals surface area contributed by atoms with E-state index in [-0.39, 0.29) is 12.5 Å². The highest BCUT2D eigenvalue weighted by molar-refractivity contribution is 5.77. The van der Waals surface area contributed by atoms with E-state index in [1.165, 1.54) is 0 Å². The molecule has 0 aromatic carbocycles. The van der Waals surface area contributed by atoms with Gasteiger partial charge in [-0.2, -0.15) is 0 Å². The number of aryl methyl sites for hydroxylation is 1. The first-order chi connectivity index (χ1) is 8.09. The Balaban J connectivity index is 2.24. The minimum Gasteiger partial charge on any atom is -0.481 e. The van der Waals surface area contributed by atoms with Gasteiger partial charge in [-0.15, -0.1) is 0 Å². The van der Waals surface area contributed by atoms with Gasteiger partial charge in [-0.1, -0.05) is 6.92 Å². The van der Waals surface area contributed by atoms with Gasteiger partial charge in [0.05, 0.1) is 5.92 Å². The van der Waals surface area contributed by atoms with E-state index in [1.54, 1.807) is 19.3 Å². The number of aliphatic carboxylic acids is 1. The molecule has 5 heteroatoms. The van der Waals surface area contributed by atoms with Gasteiger partial charge in [0.2, 0.25) is 5.91 Å². The summed E-state index contributed by atoms with van der Waals surface area (Å²) >= 11 is 0. The molecule has 2 N–H and O–H groups in total. The maximum absolute atomic E-state index is 11.4. The van der Waals surface area contributed by atoms with Crippen molar-refractivity contribution in [2.24, 2.45) is 5.92 Å². The summed E-state index contributed by atoms with van der Waals surface area (Å²) in [4.78, 5) is 25.8. The van der Waals surface area contributed by atoms with Gasteiger partial charge in [0, 0.05) is 25.4 Å². The van der Waals surface area contributed by atoms with Crippen LogP contribution in [0.2, 0.25) is 0 Å². The van der Waals surface area contributed by atoms with Crippen LogP contribution in [0.15, 0.2) is 24.5 Å². The lowest BCUT2D eigenvalue weighted by Crippen LogP contribution is -2.31. The van der Waals surface area contributed by atoms with Crippen molar-refractivity contribution in [2.45, 2.75) is 19.8 Å². The third-order valence-corrected chi connectivity index (χ3v) is 2.42. The Hall–Kier alpha value is -1.91. The number of carboxylic acid groups (broad SMARTS) is 1. The molecule has 1 heterocycles. The molecule has 1 aromatic heterocycles. The van der Waals surface area contributed by atoms with Gasteiger partial charge in [0.15, 0.2) is 0 Å².